The maximum Gasteiger partial charge on any atom is 0.152 e. The lowest BCUT2D eigenvalue weighted by atomic mass is 10.3. The van der Waals surface area contributed by atoms with Crippen LogP contribution >= 0.6 is 0 Å². The summed E-state index contributed by atoms with van der Waals surface area (Å²) in [5.41, 5.74) is 7.55. The van der Waals surface area contributed by atoms with Crippen LogP contribution in [0.3, 0.4) is 0 Å². The molecule has 0 amide bonds. The number of anilines is 2. The van der Waals surface area contributed by atoms with Gasteiger partial charge in [-0.05, 0) is 13.8 Å². The zero-order valence-electron chi connectivity index (χ0n) is 11.0. The van der Waals surface area contributed by atoms with Gasteiger partial charge in [0.2, 0.25) is 0 Å². The molecule has 0 atom stereocenters. The van der Waals surface area contributed by atoms with Crippen molar-refractivity contribution in [1.82, 2.24) is 24.5 Å². The maximum absolute atomic E-state index is 5.98. The number of nitrogens with two attached hydrogens (primary N) is 1. The number of aromatic nitrogens is 5. The van der Waals surface area contributed by atoms with Crippen LogP contribution in [-0.4, -0.2) is 31.1 Å². The van der Waals surface area contributed by atoms with Crippen molar-refractivity contribution in [2.75, 3.05) is 17.6 Å². The van der Waals surface area contributed by atoms with Gasteiger partial charge in [0.05, 0.1) is 11.4 Å². The number of nitrogens with zero attached hydrogens (tertiary/aromatic N) is 5. The Kier molecular flexibility index (Phi) is 3.50. The molecule has 0 radical (unpaired) electrons. The van der Waals surface area contributed by atoms with E-state index in [4.69, 9.17) is 5.73 Å². The van der Waals surface area contributed by atoms with E-state index >= 15 is 0 Å². The molecule has 7 heteroatoms. The van der Waals surface area contributed by atoms with Crippen LogP contribution < -0.4 is 11.1 Å². The third kappa shape index (κ3) is 2.44. The Balaban J connectivity index is 1.98. The van der Waals surface area contributed by atoms with Crippen LogP contribution in [-0.2, 0) is 20.0 Å². The summed E-state index contributed by atoms with van der Waals surface area (Å²) >= 11 is 0. The molecule has 3 N–H and O–H groups in total. The average Bonchev–Trinajstić information content (AvgIpc) is 2.87. The summed E-state index contributed by atoms with van der Waals surface area (Å²) in [6.07, 6.45) is 2.46. The van der Waals surface area contributed by atoms with Crippen LogP contribution in [0, 0.1) is 6.92 Å². The highest BCUT2D eigenvalue weighted by molar-refractivity contribution is 5.64. The highest BCUT2D eigenvalue weighted by Gasteiger charge is 2.10. The van der Waals surface area contributed by atoms with Gasteiger partial charge in [0.25, 0.3) is 0 Å². The lowest BCUT2D eigenvalue weighted by Gasteiger charge is -2.08. The van der Waals surface area contributed by atoms with Gasteiger partial charge in [-0.25, -0.2) is 9.67 Å². The Morgan fingerprint density at radius 1 is 1.39 bits per heavy atom. The zero-order valence-corrected chi connectivity index (χ0v) is 11.0. The molecule has 2 rings (SSSR count). The lowest BCUT2D eigenvalue weighted by molar-refractivity contribution is 0.656. The molecule has 0 aliphatic heterocycles. The molecule has 2 aromatic rings. The van der Waals surface area contributed by atoms with Crippen LogP contribution in [0.15, 0.2) is 6.33 Å². The molecule has 0 bridgehead atoms. The molecule has 0 spiro atoms. The molecule has 2 aromatic heterocycles. The molecular weight excluding hydrogens is 230 g/mol. The van der Waals surface area contributed by atoms with Gasteiger partial charge in [0, 0.05) is 26.6 Å². The Morgan fingerprint density at radius 3 is 2.78 bits per heavy atom. The largest absolute Gasteiger partial charge is 0.394 e. The fourth-order valence-electron chi connectivity index (χ4n) is 1.80. The molecule has 0 saturated carbocycles. The van der Waals surface area contributed by atoms with Gasteiger partial charge in [-0.2, -0.15) is 10.2 Å². The smallest absolute Gasteiger partial charge is 0.152 e. The van der Waals surface area contributed by atoms with Crippen LogP contribution in [0.25, 0.3) is 0 Å². The first-order valence-corrected chi connectivity index (χ1v) is 6.03. The van der Waals surface area contributed by atoms with Crippen molar-refractivity contribution in [1.29, 1.82) is 0 Å². The predicted molar refractivity (Wildman–Crippen MR) is 70.2 cm³/mol. The van der Waals surface area contributed by atoms with Gasteiger partial charge in [0.15, 0.2) is 5.82 Å². The van der Waals surface area contributed by atoms with E-state index in [9.17, 15) is 0 Å². The van der Waals surface area contributed by atoms with Crippen molar-refractivity contribution >= 4 is 11.5 Å². The van der Waals surface area contributed by atoms with Gasteiger partial charge in [-0.3, -0.25) is 4.68 Å². The molecule has 0 fully saturated rings. The van der Waals surface area contributed by atoms with Crippen molar-refractivity contribution in [3.05, 3.63) is 17.8 Å². The van der Waals surface area contributed by atoms with Gasteiger partial charge in [0.1, 0.15) is 12.1 Å². The summed E-state index contributed by atoms with van der Waals surface area (Å²) in [4.78, 5) is 4.18. The Labute approximate surface area is 106 Å². The molecule has 7 nitrogen and oxygen atoms in total. The average molecular weight is 249 g/mol. The summed E-state index contributed by atoms with van der Waals surface area (Å²) in [5, 5.41) is 11.9. The van der Waals surface area contributed by atoms with Crippen molar-refractivity contribution in [3.8, 4) is 0 Å². The fourth-order valence-corrected chi connectivity index (χ4v) is 1.80. The van der Waals surface area contributed by atoms with E-state index in [-0.39, 0.29) is 0 Å². The van der Waals surface area contributed by atoms with E-state index in [1.807, 2.05) is 25.6 Å². The number of aryl methyl sites for hydroxylation is 3. The Hall–Kier alpha value is -2.05. The van der Waals surface area contributed by atoms with E-state index in [1.165, 1.54) is 0 Å². The van der Waals surface area contributed by atoms with Gasteiger partial charge in [-0.15, -0.1) is 0 Å². The minimum Gasteiger partial charge on any atom is -0.394 e. The summed E-state index contributed by atoms with van der Waals surface area (Å²) in [6, 6.07) is 0. The second kappa shape index (κ2) is 5.07. The molecule has 0 unspecified atom stereocenters. The van der Waals surface area contributed by atoms with Crippen LogP contribution in [0.2, 0.25) is 0 Å². The molecule has 0 saturated heterocycles. The first-order chi connectivity index (χ1) is 8.61. The van der Waals surface area contributed by atoms with Crippen molar-refractivity contribution in [2.45, 2.75) is 26.8 Å². The molecule has 0 aliphatic rings. The van der Waals surface area contributed by atoms with E-state index in [1.54, 1.807) is 11.0 Å². The fraction of sp³-hybridized carbons (Fsp3) is 0.545. The van der Waals surface area contributed by atoms with Gasteiger partial charge < -0.3 is 11.1 Å². The van der Waals surface area contributed by atoms with Crippen LogP contribution in [0.1, 0.15) is 18.4 Å². The Morgan fingerprint density at radius 2 is 2.17 bits per heavy atom. The first-order valence-electron chi connectivity index (χ1n) is 6.03. The van der Waals surface area contributed by atoms with E-state index in [2.05, 4.69) is 20.5 Å². The lowest BCUT2D eigenvalue weighted by Crippen LogP contribution is -2.12. The van der Waals surface area contributed by atoms with Crippen molar-refractivity contribution in [2.24, 2.45) is 7.05 Å². The maximum atomic E-state index is 5.98. The molecule has 98 valence electrons. The van der Waals surface area contributed by atoms with E-state index in [0.717, 1.165) is 36.8 Å². The normalized spacial score (nSPS) is 10.8. The molecule has 0 aliphatic carbocycles. The molecule has 2 heterocycles. The quantitative estimate of drug-likeness (QED) is 0.809. The number of hydrogen-bond acceptors (Lipinski definition) is 5. The van der Waals surface area contributed by atoms with Crippen LogP contribution in [0.5, 0.6) is 0 Å². The van der Waals surface area contributed by atoms with Crippen molar-refractivity contribution < 1.29 is 0 Å². The number of rotatable bonds is 5. The number of nitrogen functional groups attached to an aromatic ring is 1. The third-order valence-electron chi connectivity index (χ3n) is 2.76. The van der Waals surface area contributed by atoms with Gasteiger partial charge >= 0.3 is 0 Å². The van der Waals surface area contributed by atoms with E-state index < -0.39 is 0 Å². The van der Waals surface area contributed by atoms with Crippen LogP contribution in [0.4, 0.5) is 11.5 Å². The monoisotopic (exact) mass is 249 g/mol. The topological polar surface area (TPSA) is 86.6 Å². The SMILES string of the molecule is CCn1nc(C)c(N)c1NCCc1ncn(C)n1. The standard InChI is InChI=1S/C11H19N7/c1-4-18-11(10(12)8(2)15-18)13-6-5-9-14-7-17(3)16-9/h7,13H,4-6,12H2,1-3H3. The first kappa shape index (κ1) is 12.4. The Bertz CT molecular complexity index is 525. The van der Waals surface area contributed by atoms with Crippen molar-refractivity contribution in [3.63, 3.8) is 0 Å². The highest BCUT2D eigenvalue weighted by atomic mass is 15.3. The zero-order chi connectivity index (χ0) is 13.1. The minimum atomic E-state index is 0.714. The summed E-state index contributed by atoms with van der Waals surface area (Å²) in [6.45, 7) is 5.48. The number of hydrogen-bond donors (Lipinski definition) is 2. The molecule has 0 aromatic carbocycles. The van der Waals surface area contributed by atoms with E-state index in [0.29, 0.717) is 5.69 Å². The summed E-state index contributed by atoms with van der Waals surface area (Å²) in [7, 11) is 1.86. The summed E-state index contributed by atoms with van der Waals surface area (Å²) in [5.74, 6) is 1.70. The predicted octanol–water partition coefficient (Wildman–Crippen LogP) is 0.577. The second-order valence-corrected chi connectivity index (χ2v) is 4.17. The number of nitrogens with one attached hydrogen (secondary N) is 1. The summed E-state index contributed by atoms with van der Waals surface area (Å²) < 4.78 is 3.57. The van der Waals surface area contributed by atoms with Gasteiger partial charge in [-0.1, -0.05) is 0 Å². The molecule has 18 heavy (non-hydrogen) atoms. The molecular formula is C11H19N7. The second-order valence-electron chi connectivity index (χ2n) is 4.17. The highest BCUT2D eigenvalue weighted by Crippen LogP contribution is 2.21. The minimum absolute atomic E-state index is 0.714. The third-order valence-corrected chi connectivity index (χ3v) is 2.76.